The Kier molecular flexibility index (Phi) is 4.00. The zero-order valence-electron chi connectivity index (χ0n) is 13.1. The number of ether oxygens (including phenoxy) is 1. The van der Waals surface area contributed by atoms with Crippen LogP contribution in [0.5, 0.6) is 0 Å². The van der Waals surface area contributed by atoms with Crippen molar-refractivity contribution in [2.24, 2.45) is 16.3 Å². The van der Waals surface area contributed by atoms with E-state index in [2.05, 4.69) is 61.0 Å². The summed E-state index contributed by atoms with van der Waals surface area (Å²) in [7, 11) is 0. The van der Waals surface area contributed by atoms with E-state index in [4.69, 9.17) is 9.73 Å². The third kappa shape index (κ3) is 2.95. The van der Waals surface area contributed by atoms with Gasteiger partial charge in [0.15, 0.2) is 5.72 Å². The number of rotatable bonds is 1. The molecule has 3 atom stereocenters. The minimum Gasteiger partial charge on any atom is -0.346 e. The minimum absolute atomic E-state index is 0.309. The molecule has 0 bridgehead atoms. The van der Waals surface area contributed by atoms with Gasteiger partial charge in [0, 0.05) is 0 Å². The number of hydrogen-bond acceptors (Lipinski definition) is 2. The Bertz CT molecular complexity index is 534. The van der Waals surface area contributed by atoms with Crippen LogP contribution in [0.3, 0.4) is 0 Å². The maximum Gasteiger partial charge on any atom is 0.172 e. The van der Waals surface area contributed by atoms with Crippen LogP contribution in [0.25, 0.3) is 0 Å². The summed E-state index contributed by atoms with van der Waals surface area (Å²) < 4.78 is 6.17. The van der Waals surface area contributed by atoms with Crippen molar-refractivity contribution in [1.29, 1.82) is 0 Å². The van der Waals surface area contributed by atoms with E-state index in [1.807, 2.05) is 6.07 Å². The topological polar surface area (TPSA) is 21.6 Å². The lowest BCUT2D eigenvalue weighted by Gasteiger charge is -2.43. The van der Waals surface area contributed by atoms with Gasteiger partial charge in [-0.3, -0.25) is 4.99 Å². The largest absolute Gasteiger partial charge is 0.346 e. The zero-order chi connectivity index (χ0) is 15.1. The summed E-state index contributed by atoms with van der Waals surface area (Å²) in [4.78, 5) is 5.30. The second-order valence-corrected chi connectivity index (χ2v) is 8.47. The van der Waals surface area contributed by atoms with Gasteiger partial charge in [-0.2, -0.15) is 0 Å². The first-order chi connectivity index (χ1) is 9.91. The molecule has 1 spiro atoms. The molecule has 1 aliphatic carbocycles. The molecular formula is C18H24BrNO. The first-order valence-electron chi connectivity index (χ1n) is 7.83. The van der Waals surface area contributed by atoms with Crippen molar-refractivity contribution in [3.8, 4) is 0 Å². The van der Waals surface area contributed by atoms with Gasteiger partial charge in [-0.1, -0.05) is 67.0 Å². The van der Waals surface area contributed by atoms with Gasteiger partial charge in [0.2, 0.25) is 0 Å². The van der Waals surface area contributed by atoms with Crippen LogP contribution in [0.4, 0.5) is 0 Å². The number of aliphatic imine (C=N–C) groups is 1. The molecule has 0 unspecified atom stereocenters. The minimum atomic E-state index is -0.340. The van der Waals surface area contributed by atoms with Crippen molar-refractivity contribution in [3.05, 3.63) is 35.9 Å². The molecule has 1 saturated carbocycles. The zero-order valence-corrected chi connectivity index (χ0v) is 14.7. The van der Waals surface area contributed by atoms with Crippen molar-refractivity contribution in [2.75, 3.05) is 6.61 Å². The normalized spacial score (nSPS) is 33.2. The Balaban J connectivity index is 1.80. The molecule has 1 aliphatic heterocycles. The Morgan fingerprint density at radius 1 is 1.24 bits per heavy atom. The summed E-state index contributed by atoms with van der Waals surface area (Å²) in [5.74, 6) is 0.729. The Morgan fingerprint density at radius 2 is 1.95 bits per heavy atom. The molecule has 1 aromatic rings. The first kappa shape index (κ1) is 15.2. The fraction of sp³-hybridized carbons (Fsp3) is 0.611. The molecule has 3 heteroatoms. The fourth-order valence-corrected chi connectivity index (χ4v) is 4.34. The summed E-state index contributed by atoms with van der Waals surface area (Å²) in [6.07, 6.45) is 3.34. The van der Waals surface area contributed by atoms with Crippen molar-refractivity contribution in [2.45, 2.75) is 50.6 Å². The van der Waals surface area contributed by atoms with E-state index in [0.717, 1.165) is 24.5 Å². The van der Waals surface area contributed by atoms with E-state index in [1.165, 1.54) is 12.0 Å². The highest BCUT2D eigenvalue weighted by Crippen LogP contribution is 2.47. The van der Waals surface area contributed by atoms with Gasteiger partial charge in [0.1, 0.15) is 0 Å². The third-order valence-corrected chi connectivity index (χ3v) is 6.04. The van der Waals surface area contributed by atoms with Crippen molar-refractivity contribution < 1.29 is 4.74 Å². The number of alkyl halides is 1. The van der Waals surface area contributed by atoms with Gasteiger partial charge in [-0.15, -0.1) is 0 Å². The SMILES string of the molecule is CC(C)(C)[C@@H]1CC[C@@]2(N=C(c3ccccc3)CO2)[C@H](Br)C1. The molecule has 0 aromatic heterocycles. The van der Waals surface area contributed by atoms with E-state index in [-0.39, 0.29) is 5.72 Å². The maximum absolute atomic E-state index is 6.17. The van der Waals surface area contributed by atoms with E-state index < -0.39 is 0 Å². The number of benzene rings is 1. The molecule has 0 amide bonds. The highest BCUT2D eigenvalue weighted by molar-refractivity contribution is 9.09. The van der Waals surface area contributed by atoms with Gasteiger partial charge in [-0.25, -0.2) is 0 Å². The van der Waals surface area contributed by atoms with Crippen LogP contribution in [0.15, 0.2) is 35.3 Å². The number of halogens is 1. The van der Waals surface area contributed by atoms with Crippen LogP contribution in [0, 0.1) is 11.3 Å². The molecule has 2 aliphatic rings. The van der Waals surface area contributed by atoms with E-state index in [9.17, 15) is 0 Å². The smallest absolute Gasteiger partial charge is 0.172 e. The van der Waals surface area contributed by atoms with Crippen LogP contribution in [0.1, 0.15) is 45.6 Å². The quantitative estimate of drug-likeness (QED) is 0.666. The van der Waals surface area contributed by atoms with Crippen LogP contribution < -0.4 is 0 Å². The second-order valence-electron chi connectivity index (χ2n) is 7.36. The predicted octanol–water partition coefficient (Wildman–Crippen LogP) is 4.81. The third-order valence-electron chi connectivity index (χ3n) is 4.95. The van der Waals surface area contributed by atoms with E-state index in [1.54, 1.807) is 0 Å². The average Bonchev–Trinajstić information content (AvgIpc) is 2.87. The Labute approximate surface area is 136 Å². The molecule has 0 N–H and O–H groups in total. The lowest BCUT2D eigenvalue weighted by molar-refractivity contribution is -0.0425. The second kappa shape index (κ2) is 5.51. The standard InChI is InChI=1S/C18H24BrNO/c1-17(2,3)14-9-10-18(16(19)11-14)20-15(12-21-18)13-7-5-4-6-8-13/h4-8,14,16H,9-12H2,1-3H3/t14-,16-,18+/m1/s1. The molecule has 3 rings (SSSR count). The highest BCUT2D eigenvalue weighted by atomic mass is 79.9. The van der Waals surface area contributed by atoms with E-state index >= 15 is 0 Å². The van der Waals surface area contributed by atoms with Crippen LogP contribution >= 0.6 is 15.9 Å². The molecule has 0 radical (unpaired) electrons. The summed E-state index contributed by atoms with van der Waals surface area (Å²) in [6, 6.07) is 10.4. The average molecular weight is 350 g/mol. The van der Waals surface area contributed by atoms with E-state index in [0.29, 0.717) is 16.8 Å². The lowest BCUT2D eigenvalue weighted by atomic mass is 9.70. The fourth-order valence-electron chi connectivity index (χ4n) is 3.43. The predicted molar refractivity (Wildman–Crippen MR) is 91.2 cm³/mol. The molecule has 1 heterocycles. The molecule has 1 fully saturated rings. The summed E-state index contributed by atoms with van der Waals surface area (Å²) in [5.41, 5.74) is 2.30. The monoisotopic (exact) mass is 349 g/mol. The van der Waals surface area contributed by atoms with Gasteiger partial charge in [-0.05, 0) is 36.2 Å². The van der Waals surface area contributed by atoms with Crippen molar-refractivity contribution in [3.63, 3.8) is 0 Å². The summed E-state index contributed by atoms with van der Waals surface area (Å²) in [5, 5.41) is 0. The number of hydrogen-bond donors (Lipinski definition) is 0. The van der Waals surface area contributed by atoms with Crippen LogP contribution in [-0.4, -0.2) is 22.9 Å². The summed E-state index contributed by atoms with van der Waals surface area (Å²) >= 11 is 3.87. The Hall–Kier alpha value is -0.670. The van der Waals surface area contributed by atoms with Gasteiger partial charge < -0.3 is 4.74 Å². The Morgan fingerprint density at radius 3 is 2.57 bits per heavy atom. The highest BCUT2D eigenvalue weighted by Gasteiger charge is 2.48. The number of nitrogens with zero attached hydrogens (tertiary/aromatic N) is 1. The first-order valence-corrected chi connectivity index (χ1v) is 8.74. The van der Waals surface area contributed by atoms with Gasteiger partial charge >= 0.3 is 0 Å². The van der Waals surface area contributed by atoms with Crippen molar-refractivity contribution >= 4 is 21.6 Å². The molecular weight excluding hydrogens is 326 g/mol. The molecule has 0 saturated heterocycles. The molecule has 21 heavy (non-hydrogen) atoms. The summed E-state index contributed by atoms with van der Waals surface area (Å²) in [6.45, 7) is 7.64. The van der Waals surface area contributed by atoms with Crippen molar-refractivity contribution in [1.82, 2.24) is 0 Å². The molecule has 2 nitrogen and oxygen atoms in total. The maximum atomic E-state index is 6.17. The molecule has 114 valence electrons. The molecule has 1 aromatic carbocycles. The van der Waals surface area contributed by atoms with Gasteiger partial charge in [0.05, 0.1) is 17.1 Å². The van der Waals surface area contributed by atoms with Crippen LogP contribution in [-0.2, 0) is 4.74 Å². The van der Waals surface area contributed by atoms with Crippen LogP contribution in [0.2, 0.25) is 0 Å². The van der Waals surface area contributed by atoms with Gasteiger partial charge in [0.25, 0.3) is 0 Å². The lowest BCUT2D eigenvalue weighted by Crippen LogP contribution is -2.45.